The van der Waals surface area contributed by atoms with Crippen LogP contribution in [0.1, 0.15) is 26.7 Å². The first-order valence-corrected chi connectivity index (χ1v) is 5.94. The lowest BCUT2D eigenvalue weighted by molar-refractivity contribution is 0.00690. The van der Waals surface area contributed by atoms with Crippen LogP contribution < -0.4 is 0 Å². The molecule has 3 aliphatic rings. The van der Waals surface area contributed by atoms with Gasteiger partial charge in [0.15, 0.2) is 0 Å². The molecule has 4 nitrogen and oxygen atoms in total. The van der Waals surface area contributed by atoms with Crippen LogP contribution in [0, 0.1) is 0 Å². The molecule has 0 saturated carbocycles. The van der Waals surface area contributed by atoms with E-state index in [0.717, 1.165) is 0 Å². The summed E-state index contributed by atoms with van der Waals surface area (Å²) in [7, 11) is -3.35. The molecule has 4 atom stereocenters. The van der Waals surface area contributed by atoms with Crippen LogP contribution in [0.3, 0.4) is 0 Å². The number of ether oxygens (including phenoxy) is 1. The molecular weight excluding hydrogens is 192 g/mol. The molecule has 3 aliphatic heterocycles. The first-order valence-electron chi connectivity index (χ1n) is 4.47. The van der Waals surface area contributed by atoms with E-state index >= 15 is 0 Å². The summed E-state index contributed by atoms with van der Waals surface area (Å²) in [6, 6.07) is 0. The van der Waals surface area contributed by atoms with Crippen LogP contribution in [0.5, 0.6) is 0 Å². The van der Waals surface area contributed by atoms with E-state index in [2.05, 4.69) is 0 Å². The topological polar surface area (TPSA) is 52.6 Å². The van der Waals surface area contributed by atoms with Crippen molar-refractivity contribution in [3.8, 4) is 0 Å². The standard InChI is InChI=1S/C8H12O4S/c1-7-3-5-6(11-7)8(2,4-7)12-13(5,9)10/h5-6H,3-4H2,1-2H3. The second-order valence-corrected chi connectivity index (χ2v) is 6.55. The van der Waals surface area contributed by atoms with E-state index in [0.29, 0.717) is 12.8 Å². The SMILES string of the molecule is CC12CC3C(O1)C(C)(C2)OS3(=O)=O. The Hall–Kier alpha value is -0.130. The Morgan fingerprint density at radius 3 is 2.54 bits per heavy atom. The second-order valence-electron chi connectivity index (χ2n) is 4.80. The van der Waals surface area contributed by atoms with E-state index in [-0.39, 0.29) is 11.7 Å². The third kappa shape index (κ3) is 0.806. The van der Waals surface area contributed by atoms with Gasteiger partial charge in [0.05, 0.1) is 5.60 Å². The minimum absolute atomic E-state index is 0.234. The van der Waals surface area contributed by atoms with Crippen LogP contribution in [-0.2, 0) is 19.0 Å². The van der Waals surface area contributed by atoms with Gasteiger partial charge in [-0.15, -0.1) is 0 Å². The van der Waals surface area contributed by atoms with Crippen molar-refractivity contribution in [2.45, 2.75) is 49.2 Å². The zero-order valence-electron chi connectivity index (χ0n) is 7.61. The molecule has 0 spiro atoms. The summed E-state index contributed by atoms with van der Waals surface area (Å²) in [5.41, 5.74) is -0.857. The highest BCUT2D eigenvalue weighted by Crippen LogP contribution is 2.57. The summed E-state index contributed by atoms with van der Waals surface area (Å²) in [6.45, 7) is 3.80. The molecule has 2 bridgehead atoms. The molecule has 3 saturated heterocycles. The van der Waals surface area contributed by atoms with Gasteiger partial charge in [0.2, 0.25) is 0 Å². The molecule has 0 aromatic carbocycles. The number of rotatable bonds is 0. The minimum Gasteiger partial charge on any atom is -0.367 e. The number of hydrogen-bond donors (Lipinski definition) is 0. The van der Waals surface area contributed by atoms with Gasteiger partial charge in [0, 0.05) is 6.42 Å². The van der Waals surface area contributed by atoms with Gasteiger partial charge in [0.1, 0.15) is 17.0 Å². The third-order valence-corrected chi connectivity index (χ3v) is 5.15. The van der Waals surface area contributed by atoms with Crippen LogP contribution in [-0.4, -0.2) is 31.0 Å². The van der Waals surface area contributed by atoms with Crippen LogP contribution in [0.15, 0.2) is 0 Å². The molecule has 4 unspecified atom stereocenters. The molecule has 3 heterocycles. The summed E-state index contributed by atoms with van der Waals surface area (Å²) in [5, 5.41) is -0.420. The Morgan fingerprint density at radius 2 is 2.08 bits per heavy atom. The molecule has 0 aromatic heterocycles. The Labute approximate surface area is 77.3 Å². The lowest BCUT2D eigenvalue weighted by atomic mass is 9.80. The quantitative estimate of drug-likeness (QED) is 0.537. The zero-order chi connectivity index (χ0) is 9.48. The van der Waals surface area contributed by atoms with Crippen LogP contribution in [0.4, 0.5) is 0 Å². The van der Waals surface area contributed by atoms with E-state index in [1.807, 2.05) is 13.8 Å². The molecule has 74 valence electrons. The summed E-state index contributed by atoms with van der Waals surface area (Å²) in [5.74, 6) is 0. The van der Waals surface area contributed by atoms with Gasteiger partial charge in [-0.1, -0.05) is 0 Å². The first kappa shape index (κ1) is 8.20. The average molecular weight is 204 g/mol. The fourth-order valence-electron chi connectivity index (χ4n) is 3.10. The molecule has 3 rings (SSSR count). The normalized spacial score (nSPS) is 61.7. The van der Waals surface area contributed by atoms with Crippen molar-refractivity contribution in [1.82, 2.24) is 0 Å². The molecule has 0 aromatic rings. The summed E-state index contributed by atoms with van der Waals surface area (Å²) < 4.78 is 33.9. The smallest absolute Gasteiger partial charge is 0.273 e. The molecule has 0 N–H and O–H groups in total. The zero-order valence-corrected chi connectivity index (χ0v) is 8.43. The van der Waals surface area contributed by atoms with Gasteiger partial charge in [-0.25, -0.2) is 0 Å². The number of hydrogen-bond acceptors (Lipinski definition) is 4. The third-order valence-electron chi connectivity index (χ3n) is 3.39. The maximum Gasteiger partial charge on any atom is 0.273 e. The molecule has 5 heteroatoms. The molecule has 3 fully saturated rings. The van der Waals surface area contributed by atoms with Crippen LogP contribution in [0.25, 0.3) is 0 Å². The van der Waals surface area contributed by atoms with E-state index in [1.54, 1.807) is 0 Å². The highest BCUT2D eigenvalue weighted by atomic mass is 32.2. The Kier molecular flexibility index (Phi) is 1.14. The van der Waals surface area contributed by atoms with Crippen molar-refractivity contribution >= 4 is 10.1 Å². The van der Waals surface area contributed by atoms with Gasteiger partial charge in [0.25, 0.3) is 10.1 Å². The first-order chi connectivity index (χ1) is 5.85. The highest BCUT2D eigenvalue weighted by molar-refractivity contribution is 7.87. The summed E-state index contributed by atoms with van der Waals surface area (Å²) in [6.07, 6.45) is 1.05. The van der Waals surface area contributed by atoms with Gasteiger partial charge in [-0.05, 0) is 20.3 Å². The van der Waals surface area contributed by atoms with Crippen molar-refractivity contribution in [2.75, 3.05) is 0 Å². The van der Waals surface area contributed by atoms with Gasteiger partial charge < -0.3 is 4.74 Å². The van der Waals surface area contributed by atoms with Gasteiger partial charge in [-0.3, -0.25) is 4.18 Å². The monoisotopic (exact) mass is 204 g/mol. The maximum atomic E-state index is 11.5. The largest absolute Gasteiger partial charge is 0.367 e. The Bertz CT molecular complexity index is 376. The number of fused-ring (bicyclic) bond motifs is 1. The van der Waals surface area contributed by atoms with E-state index < -0.39 is 21.0 Å². The fraction of sp³-hybridized carbons (Fsp3) is 1.00. The summed E-state index contributed by atoms with van der Waals surface area (Å²) in [4.78, 5) is 0. The van der Waals surface area contributed by atoms with E-state index in [9.17, 15) is 8.42 Å². The molecule has 13 heavy (non-hydrogen) atoms. The van der Waals surface area contributed by atoms with Crippen molar-refractivity contribution in [2.24, 2.45) is 0 Å². The predicted octanol–water partition coefficient (Wildman–Crippen LogP) is 0.425. The van der Waals surface area contributed by atoms with Crippen LogP contribution in [0.2, 0.25) is 0 Å². The molecule has 0 aliphatic carbocycles. The molecule has 0 amide bonds. The predicted molar refractivity (Wildman–Crippen MR) is 44.7 cm³/mol. The lowest BCUT2D eigenvalue weighted by Gasteiger charge is -2.24. The summed E-state index contributed by atoms with van der Waals surface area (Å²) >= 11 is 0. The second kappa shape index (κ2) is 1.81. The van der Waals surface area contributed by atoms with E-state index in [1.165, 1.54) is 0 Å². The van der Waals surface area contributed by atoms with Gasteiger partial charge >= 0.3 is 0 Å². The Balaban J connectivity index is 2.18. The average Bonchev–Trinajstić information content (AvgIpc) is 2.37. The van der Waals surface area contributed by atoms with Crippen LogP contribution >= 0.6 is 0 Å². The maximum absolute atomic E-state index is 11.5. The fourth-order valence-corrected chi connectivity index (χ4v) is 5.11. The van der Waals surface area contributed by atoms with E-state index in [4.69, 9.17) is 8.92 Å². The van der Waals surface area contributed by atoms with Crippen molar-refractivity contribution in [3.63, 3.8) is 0 Å². The molecule has 0 radical (unpaired) electrons. The molecular formula is C8H12O4S. The van der Waals surface area contributed by atoms with Crippen molar-refractivity contribution < 1.29 is 17.3 Å². The van der Waals surface area contributed by atoms with Crippen molar-refractivity contribution in [3.05, 3.63) is 0 Å². The Morgan fingerprint density at radius 1 is 1.38 bits per heavy atom. The van der Waals surface area contributed by atoms with Gasteiger partial charge in [-0.2, -0.15) is 8.42 Å². The highest BCUT2D eigenvalue weighted by Gasteiger charge is 2.71. The minimum atomic E-state index is -3.35. The lowest BCUT2D eigenvalue weighted by Crippen LogP contribution is -2.39. The van der Waals surface area contributed by atoms with Crippen molar-refractivity contribution in [1.29, 1.82) is 0 Å².